The van der Waals surface area contributed by atoms with Crippen LogP contribution in [0.4, 0.5) is 0 Å². The molecule has 0 saturated heterocycles. The third-order valence-electron chi connectivity index (χ3n) is 2.93. The SMILES string of the molecule is CCOc1ccc(CN(C)C(=O)c2ccncc2)cc1. The zero-order valence-electron chi connectivity index (χ0n) is 11.7. The van der Waals surface area contributed by atoms with Crippen LogP contribution < -0.4 is 4.74 Å². The highest BCUT2D eigenvalue weighted by Gasteiger charge is 2.11. The lowest BCUT2D eigenvalue weighted by Gasteiger charge is -2.17. The van der Waals surface area contributed by atoms with Gasteiger partial charge in [-0.15, -0.1) is 0 Å². The van der Waals surface area contributed by atoms with Crippen LogP contribution in [-0.2, 0) is 6.54 Å². The van der Waals surface area contributed by atoms with Gasteiger partial charge >= 0.3 is 0 Å². The monoisotopic (exact) mass is 270 g/mol. The number of carbonyl (C=O) groups excluding carboxylic acids is 1. The Morgan fingerprint density at radius 1 is 1.15 bits per heavy atom. The second-order valence-corrected chi connectivity index (χ2v) is 4.47. The molecule has 104 valence electrons. The van der Waals surface area contributed by atoms with Crippen molar-refractivity contribution in [2.75, 3.05) is 13.7 Å². The molecule has 4 nitrogen and oxygen atoms in total. The standard InChI is InChI=1S/C16H18N2O2/c1-3-20-15-6-4-13(5-7-15)12-18(2)16(19)14-8-10-17-11-9-14/h4-11H,3,12H2,1-2H3. The van der Waals surface area contributed by atoms with E-state index in [9.17, 15) is 4.79 Å². The second kappa shape index (κ2) is 6.70. The third-order valence-corrected chi connectivity index (χ3v) is 2.93. The van der Waals surface area contributed by atoms with E-state index < -0.39 is 0 Å². The molecule has 0 aliphatic rings. The fourth-order valence-electron chi connectivity index (χ4n) is 1.92. The van der Waals surface area contributed by atoms with Gasteiger partial charge in [0.25, 0.3) is 5.91 Å². The fourth-order valence-corrected chi connectivity index (χ4v) is 1.92. The summed E-state index contributed by atoms with van der Waals surface area (Å²) in [4.78, 5) is 17.8. The maximum Gasteiger partial charge on any atom is 0.254 e. The number of nitrogens with zero attached hydrogens (tertiary/aromatic N) is 2. The van der Waals surface area contributed by atoms with E-state index in [0.717, 1.165) is 11.3 Å². The molecule has 1 heterocycles. The Morgan fingerprint density at radius 3 is 2.40 bits per heavy atom. The van der Waals surface area contributed by atoms with Gasteiger partial charge in [-0.25, -0.2) is 0 Å². The summed E-state index contributed by atoms with van der Waals surface area (Å²) >= 11 is 0. The van der Waals surface area contributed by atoms with Crippen LogP contribution in [0.1, 0.15) is 22.8 Å². The lowest BCUT2D eigenvalue weighted by molar-refractivity contribution is 0.0785. The minimum absolute atomic E-state index is 0.0127. The number of aromatic nitrogens is 1. The van der Waals surface area contributed by atoms with Crippen LogP contribution in [0.2, 0.25) is 0 Å². The average molecular weight is 270 g/mol. The first-order chi connectivity index (χ1) is 9.70. The molecule has 0 fully saturated rings. The molecule has 1 amide bonds. The first-order valence-corrected chi connectivity index (χ1v) is 6.58. The van der Waals surface area contributed by atoms with Crippen molar-refractivity contribution in [3.8, 4) is 5.75 Å². The molecule has 0 aliphatic carbocycles. The van der Waals surface area contributed by atoms with Crippen LogP contribution in [0.15, 0.2) is 48.8 Å². The van der Waals surface area contributed by atoms with E-state index in [0.29, 0.717) is 18.7 Å². The molecule has 2 aromatic rings. The van der Waals surface area contributed by atoms with E-state index in [4.69, 9.17) is 4.74 Å². The van der Waals surface area contributed by atoms with Crippen LogP contribution in [0, 0.1) is 0 Å². The van der Waals surface area contributed by atoms with Gasteiger partial charge in [0.2, 0.25) is 0 Å². The molecule has 0 atom stereocenters. The number of amides is 1. The predicted molar refractivity (Wildman–Crippen MR) is 77.6 cm³/mol. The largest absolute Gasteiger partial charge is 0.494 e. The zero-order chi connectivity index (χ0) is 14.4. The Hall–Kier alpha value is -2.36. The quantitative estimate of drug-likeness (QED) is 0.839. The minimum atomic E-state index is -0.0127. The average Bonchev–Trinajstić information content (AvgIpc) is 2.49. The number of benzene rings is 1. The Morgan fingerprint density at radius 2 is 1.80 bits per heavy atom. The summed E-state index contributed by atoms with van der Waals surface area (Å²) in [5, 5.41) is 0. The Balaban J connectivity index is 2.00. The molecule has 2 rings (SSSR count). The maximum atomic E-state index is 12.2. The van der Waals surface area contributed by atoms with Crippen molar-refractivity contribution in [3.63, 3.8) is 0 Å². The van der Waals surface area contributed by atoms with Gasteiger partial charge in [-0.05, 0) is 36.8 Å². The zero-order valence-corrected chi connectivity index (χ0v) is 11.7. The first kappa shape index (κ1) is 14.1. The number of carbonyl (C=O) groups is 1. The van der Waals surface area contributed by atoms with E-state index in [1.165, 1.54) is 0 Å². The smallest absolute Gasteiger partial charge is 0.254 e. The molecule has 0 aliphatic heterocycles. The van der Waals surface area contributed by atoms with E-state index in [-0.39, 0.29) is 5.91 Å². The summed E-state index contributed by atoms with van der Waals surface area (Å²) < 4.78 is 5.40. The van der Waals surface area contributed by atoms with Gasteiger partial charge in [0.1, 0.15) is 5.75 Å². The van der Waals surface area contributed by atoms with Crippen molar-refractivity contribution in [2.45, 2.75) is 13.5 Å². The highest BCUT2D eigenvalue weighted by Crippen LogP contribution is 2.14. The molecule has 0 radical (unpaired) electrons. The molecular formula is C16H18N2O2. The topological polar surface area (TPSA) is 42.4 Å². The van der Waals surface area contributed by atoms with Crippen molar-refractivity contribution in [1.82, 2.24) is 9.88 Å². The van der Waals surface area contributed by atoms with Crippen LogP contribution >= 0.6 is 0 Å². The van der Waals surface area contributed by atoms with Crippen LogP contribution in [-0.4, -0.2) is 29.4 Å². The second-order valence-electron chi connectivity index (χ2n) is 4.47. The van der Waals surface area contributed by atoms with Crippen molar-refractivity contribution in [3.05, 3.63) is 59.9 Å². The number of hydrogen-bond donors (Lipinski definition) is 0. The van der Waals surface area contributed by atoms with Gasteiger partial charge < -0.3 is 9.64 Å². The van der Waals surface area contributed by atoms with Gasteiger partial charge in [0.15, 0.2) is 0 Å². The van der Waals surface area contributed by atoms with Gasteiger partial charge in [-0.3, -0.25) is 9.78 Å². The minimum Gasteiger partial charge on any atom is -0.494 e. The summed E-state index contributed by atoms with van der Waals surface area (Å²) in [6.45, 7) is 3.17. The number of pyridine rings is 1. The number of ether oxygens (including phenoxy) is 1. The summed E-state index contributed by atoms with van der Waals surface area (Å²) in [6.07, 6.45) is 3.25. The van der Waals surface area contributed by atoms with E-state index in [1.807, 2.05) is 31.2 Å². The highest BCUT2D eigenvalue weighted by atomic mass is 16.5. The highest BCUT2D eigenvalue weighted by molar-refractivity contribution is 5.93. The summed E-state index contributed by atoms with van der Waals surface area (Å²) in [7, 11) is 1.79. The van der Waals surface area contributed by atoms with Gasteiger partial charge in [0.05, 0.1) is 6.61 Å². The van der Waals surface area contributed by atoms with Crippen molar-refractivity contribution in [1.29, 1.82) is 0 Å². The lowest BCUT2D eigenvalue weighted by Crippen LogP contribution is -2.26. The Labute approximate surface area is 119 Å². The van der Waals surface area contributed by atoms with E-state index in [2.05, 4.69) is 4.98 Å². The Kier molecular flexibility index (Phi) is 4.71. The van der Waals surface area contributed by atoms with Crippen molar-refractivity contribution in [2.24, 2.45) is 0 Å². The number of hydrogen-bond acceptors (Lipinski definition) is 3. The van der Waals surface area contributed by atoms with Gasteiger partial charge in [-0.2, -0.15) is 0 Å². The molecule has 0 spiro atoms. The third kappa shape index (κ3) is 3.57. The Bertz CT molecular complexity index is 552. The molecule has 0 bridgehead atoms. The van der Waals surface area contributed by atoms with Crippen molar-refractivity contribution < 1.29 is 9.53 Å². The lowest BCUT2D eigenvalue weighted by atomic mass is 10.2. The van der Waals surface area contributed by atoms with Crippen LogP contribution in [0.3, 0.4) is 0 Å². The molecule has 1 aromatic carbocycles. The molecule has 1 aromatic heterocycles. The summed E-state index contributed by atoms with van der Waals surface area (Å²) in [6, 6.07) is 11.2. The normalized spacial score (nSPS) is 10.1. The summed E-state index contributed by atoms with van der Waals surface area (Å²) in [5.41, 5.74) is 1.71. The van der Waals surface area contributed by atoms with Crippen molar-refractivity contribution >= 4 is 5.91 Å². The van der Waals surface area contributed by atoms with E-state index >= 15 is 0 Å². The fraction of sp³-hybridized carbons (Fsp3) is 0.250. The van der Waals surface area contributed by atoms with Gasteiger partial charge in [0, 0.05) is 31.5 Å². The van der Waals surface area contributed by atoms with E-state index in [1.54, 1.807) is 36.5 Å². The summed E-state index contributed by atoms with van der Waals surface area (Å²) in [5.74, 6) is 0.834. The molecule has 20 heavy (non-hydrogen) atoms. The number of rotatable bonds is 5. The molecule has 0 unspecified atom stereocenters. The molecule has 0 saturated carbocycles. The molecular weight excluding hydrogens is 252 g/mol. The van der Waals surface area contributed by atoms with Gasteiger partial charge in [-0.1, -0.05) is 12.1 Å². The van der Waals surface area contributed by atoms with Crippen LogP contribution in [0.5, 0.6) is 5.75 Å². The molecule has 0 N–H and O–H groups in total. The maximum absolute atomic E-state index is 12.2. The van der Waals surface area contributed by atoms with Crippen LogP contribution in [0.25, 0.3) is 0 Å². The first-order valence-electron chi connectivity index (χ1n) is 6.58. The predicted octanol–water partition coefficient (Wildman–Crippen LogP) is 2.75. The molecule has 4 heteroatoms.